The van der Waals surface area contributed by atoms with Gasteiger partial charge in [0.15, 0.2) is 0 Å². The summed E-state index contributed by atoms with van der Waals surface area (Å²) in [6.07, 6.45) is 2.10. The highest BCUT2D eigenvalue weighted by atomic mass is 16.5. The molecule has 6 heteroatoms. The van der Waals surface area contributed by atoms with Crippen molar-refractivity contribution in [2.24, 2.45) is 0 Å². The standard InChI is InChI=1S/C18H27N3O3/c1-24-12-10-19-13-17(22)20-16-9-11-21(14-16)18(23)8-7-15-5-3-2-4-6-15/h2-6,16,19H,7-14H2,1H3,(H,20,22). The molecule has 24 heavy (non-hydrogen) atoms. The first-order valence-electron chi connectivity index (χ1n) is 8.49. The molecule has 1 unspecified atom stereocenters. The first-order chi connectivity index (χ1) is 11.7. The van der Waals surface area contributed by atoms with E-state index in [1.165, 1.54) is 5.56 Å². The Morgan fingerprint density at radius 2 is 2.08 bits per heavy atom. The lowest BCUT2D eigenvalue weighted by Crippen LogP contribution is -2.42. The molecule has 2 amide bonds. The lowest BCUT2D eigenvalue weighted by atomic mass is 10.1. The van der Waals surface area contributed by atoms with Crippen molar-refractivity contribution in [1.29, 1.82) is 0 Å². The Bertz CT molecular complexity index is 522. The van der Waals surface area contributed by atoms with E-state index in [4.69, 9.17) is 4.74 Å². The first kappa shape index (κ1) is 18.4. The summed E-state index contributed by atoms with van der Waals surface area (Å²) >= 11 is 0. The number of nitrogens with zero attached hydrogens (tertiary/aromatic N) is 1. The fourth-order valence-electron chi connectivity index (χ4n) is 2.81. The Kier molecular flexibility index (Phi) is 7.71. The minimum absolute atomic E-state index is 0.0327. The van der Waals surface area contributed by atoms with E-state index < -0.39 is 0 Å². The molecule has 0 saturated carbocycles. The largest absolute Gasteiger partial charge is 0.383 e. The second-order valence-electron chi connectivity index (χ2n) is 6.05. The number of likely N-dealkylation sites (tertiary alicyclic amines) is 1. The Labute approximate surface area is 143 Å². The van der Waals surface area contributed by atoms with Crippen LogP contribution in [0.25, 0.3) is 0 Å². The van der Waals surface area contributed by atoms with Gasteiger partial charge in [0.2, 0.25) is 11.8 Å². The summed E-state index contributed by atoms with van der Waals surface area (Å²) in [7, 11) is 1.63. The molecular weight excluding hydrogens is 306 g/mol. The summed E-state index contributed by atoms with van der Waals surface area (Å²) in [6.45, 7) is 2.84. The zero-order chi connectivity index (χ0) is 17.2. The van der Waals surface area contributed by atoms with E-state index in [-0.39, 0.29) is 24.4 Å². The third-order valence-corrected chi connectivity index (χ3v) is 4.14. The van der Waals surface area contributed by atoms with Gasteiger partial charge in [-0.2, -0.15) is 0 Å². The molecule has 0 bridgehead atoms. The van der Waals surface area contributed by atoms with E-state index >= 15 is 0 Å². The number of carbonyl (C=O) groups excluding carboxylic acids is 2. The van der Waals surface area contributed by atoms with Crippen LogP contribution in [0.2, 0.25) is 0 Å². The molecule has 1 aromatic carbocycles. The van der Waals surface area contributed by atoms with Gasteiger partial charge in [-0.25, -0.2) is 0 Å². The second kappa shape index (κ2) is 10.1. The molecule has 0 aliphatic carbocycles. The van der Waals surface area contributed by atoms with E-state index in [1.807, 2.05) is 35.2 Å². The van der Waals surface area contributed by atoms with Crippen LogP contribution in [0.5, 0.6) is 0 Å². The number of nitrogens with one attached hydrogen (secondary N) is 2. The Hall–Kier alpha value is -1.92. The third-order valence-electron chi connectivity index (χ3n) is 4.14. The smallest absolute Gasteiger partial charge is 0.234 e. The highest BCUT2D eigenvalue weighted by Gasteiger charge is 2.26. The molecule has 132 valence electrons. The van der Waals surface area contributed by atoms with Crippen molar-refractivity contribution in [1.82, 2.24) is 15.5 Å². The Balaban J connectivity index is 1.64. The maximum atomic E-state index is 12.3. The highest BCUT2D eigenvalue weighted by molar-refractivity contribution is 5.79. The van der Waals surface area contributed by atoms with E-state index in [1.54, 1.807) is 7.11 Å². The van der Waals surface area contributed by atoms with Crippen LogP contribution in [0.15, 0.2) is 30.3 Å². The van der Waals surface area contributed by atoms with Gasteiger partial charge in [-0.15, -0.1) is 0 Å². The second-order valence-corrected chi connectivity index (χ2v) is 6.05. The van der Waals surface area contributed by atoms with Crippen molar-refractivity contribution >= 4 is 11.8 Å². The number of amides is 2. The van der Waals surface area contributed by atoms with Crippen LogP contribution in [0.3, 0.4) is 0 Å². The van der Waals surface area contributed by atoms with Crippen LogP contribution >= 0.6 is 0 Å². The number of methoxy groups -OCH3 is 1. The molecule has 1 aliphatic rings. The molecule has 6 nitrogen and oxygen atoms in total. The maximum absolute atomic E-state index is 12.3. The topological polar surface area (TPSA) is 70.7 Å². The summed E-state index contributed by atoms with van der Waals surface area (Å²) in [5.74, 6) is 0.128. The average molecular weight is 333 g/mol. The number of rotatable bonds is 9. The van der Waals surface area contributed by atoms with E-state index in [0.29, 0.717) is 26.1 Å². The highest BCUT2D eigenvalue weighted by Crippen LogP contribution is 2.12. The van der Waals surface area contributed by atoms with E-state index in [0.717, 1.165) is 19.4 Å². The van der Waals surface area contributed by atoms with Crippen molar-refractivity contribution in [3.8, 4) is 0 Å². The average Bonchev–Trinajstić information content (AvgIpc) is 3.06. The molecule has 1 saturated heterocycles. The molecule has 2 N–H and O–H groups in total. The Morgan fingerprint density at radius 3 is 2.83 bits per heavy atom. The zero-order valence-corrected chi connectivity index (χ0v) is 14.3. The number of ether oxygens (including phenoxy) is 1. The van der Waals surface area contributed by atoms with E-state index in [2.05, 4.69) is 10.6 Å². The van der Waals surface area contributed by atoms with Crippen molar-refractivity contribution in [3.05, 3.63) is 35.9 Å². The summed E-state index contributed by atoms with van der Waals surface area (Å²) in [5, 5.41) is 5.99. The third kappa shape index (κ3) is 6.29. The van der Waals surface area contributed by atoms with Crippen LogP contribution in [-0.2, 0) is 20.7 Å². The molecule has 0 aromatic heterocycles. The minimum Gasteiger partial charge on any atom is -0.383 e. The fourth-order valence-corrected chi connectivity index (χ4v) is 2.81. The lowest BCUT2D eigenvalue weighted by molar-refractivity contribution is -0.130. The molecule has 1 heterocycles. The number of aryl methyl sites for hydroxylation is 1. The van der Waals surface area contributed by atoms with Crippen LogP contribution in [0.1, 0.15) is 18.4 Å². The van der Waals surface area contributed by atoms with Gasteiger partial charge in [-0.05, 0) is 18.4 Å². The van der Waals surface area contributed by atoms with Gasteiger partial charge in [-0.3, -0.25) is 9.59 Å². The number of carbonyl (C=O) groups is 2. The first-order valence-corrected chi connectivity index (χ1v) is 8.49. The van der Waals surface area contributed by atoms with Crippen molar-refractivity contribution < 1.29 is 14.3 Å². The van der Waals surface area contributed by atoms with Crippen LogP contribution in [0.4, 0.5) is 0 Å². The zero-order valence-electron chi connectivity index (χ0n) is 14.3. The molecule has 0 spiro atoms. The minimum atomic E-state index is -0.0327. The Morgan fingerprint density at radius 1 is 1.29 bits per heavy atom. The summed E-state index contributed by atoms with van der Waals surface area (Å²) in [5.41, 5.74) is 1.18. The summed E-state index contributed by atoms with van der Waals surface area (Å²) < 4.78 is 4.91. The van der Waals surface area contributed by atoms with Gasteiger partial charge in [0, 0.05) is 39.2 Å². The number of hydrogen-bond donors (Lipinski definition) is 2. The maximum Gasteiger partial charge on any atom is 0.234 e. The van der Waals surface area contributed by atoms with Gasteiger partial charge in [-0.1, -0.05) is 30.3 Å². The molecule has 2 rings (SSSR count). The lowest BCUT2D eigenvalue weighted by Gasteiger charge is -2.17. The van der Waals surface area contributed by atoms with Crippen LogP contribution in [0, 0.1) is 0 Å². The van der Waals surface area contributed by atoms with Gasteiger partial charge < -0.3 is 20.3 Å². The van der Waals surface area contributed by atoms with Gasteiger partial charge in [0.25, 0.3) is 0 Å². The molecule has 1 fully saturated rings. The van der Waals surface area contributed by atoms with Gasteiger partial charge >= 0.3 is 0 Å². The van der Waals surface area contributed by atoms with Crippen LogP contribution < -0.4 is 10.6 Å². The summed E-state index contributed by atoms with van der Waals surface area (Å²) in [4.78, 5) is 26.0. The SMILES string of the molecule is COCCNCC(=O)NC1CCN(C(=O)CCc2ccccc2)C1. The molecule has 1 aliphatic heterocycles. The summed E-state index contributed by atoms with van der Waals surface area (Å²) in [6, 6.07) is 10.1. The molecule has 1 atom stereocenters. The van der Waals surface area contributed by atoms with Crippen molar-refractivity contribution in [3.63, 3.8) is 0 Å². The fraction of sp³-hybridized carbons (Fsp3) is 0.556. The molecular formula is C18H27N3O3. The number of hydrogen-bond acceptors (Lipinski definition) is 4. The van der Waals surface area contributed by atoms with Crippen molar-refractivity contribution in [2.45, 2.75) is 25.3 Å². The molecule has 1 aromatic rings. The predicted molar refractivity (Wildman–Crippen MR) is 92.6 cm³/mol. The van der Waals surface area contributed by atoms with Crippen molar-refractivity contribution in [2.75, 3.05) is 39.9 Å². The predicted octanol–water partition coefficient (Wildman–Crippen LogP) is 0.572. The van der Waals surface area contributed by atoms with E-state index in [9.17, 15) is 9.59 Å². The normalized spacial score (nSPS) is 17.0. The number of benzene rings is 1. The molecule has 0 radical (unpaired) electrons. The van der Waals surface area contributed by atoms with Crippen LogP contribution in [-0.4, -0.2) is 62.7 Å². The quantitative estimate of drug-likeness (QED) is 0.648. The monoisotopic (exact) mass is 333 g/mol. The van der Waals surface area contributed by atoms with Gasteiger partial charge in [0.1, 0.15) is 0 Å². The van der Waals surface area contributed by atoms with Gasteiger partial charge in [0.05, 0.1) is 13.2 Å².